The predicted molar refractivity (Wildman–Crippen MR) is 94.0 cm³/mol. The number of nitrogens with zero attached hydrogens (tertiary/aromatic N) is 2. The molecule has 0 aliphatic carbocycles. The van der Waals surface area contributed by atoms with Gasteiger partial charge in [0.05, 0.1) is 11.8 Å². The summed E-state index contributed by atoms with van der Waals surface area (Å²) in [6.07, 6.45) is 2.66. The van der Waals surface area contributed by atoms with Gasteiger partial charge >= 0.3 is 6.03 Å². The number of urea groups is 1. The van der Waals surface area contributed by atoms with Crippen LogP contribution in [0.1, 0.15) is 32.2 Å². The first-order chi connectivity index (χ1) is 11.7. The summed E-state index contributed by atoms with van der Waals surface area (Å²) in [4.78, 5) is 15.9. The number of rotatable bonds is 5. The monoisotopic (exact) mass is 348 g/mol. The van der Waals surface area contributed by atoms with Gasteiger partial charge in [0, 0.05) is 25.5 Å². The Morgan fingerprint density at radius 3 is 2.64 bits per heavy atom. The van der Waals surface area contributed by atoms with E-state index in [0.717, 1.165) is 0 Å². The lowest BCUT2D eigenvalue weighted by molar-refractivity contribution is 0.0650. The third-order valence-electron chi connectivity index (χ3n) is 4.01. The Hall–Kier alpha value is -2.41. The number of imidazole rings is 1. The molecule has 1 aromatic carbocycles. The molecule has 1 heterocycles. The highest BCUT2D eigenvalue weighted by Crippen LogP contribution is 2.18. The first-order valence-electron chi connectivity index (χ1n) is 8.17. The fourth-order valence-corrected chi connectivity index (χ4v) is 2.23. The number of nitrogens with one attached hydrogen (secondary N) is 2. The Morgan fingerprint density at radius 1 is 1.36 bits per heavy atom. The molecule has 0 radical (unpaired) electrons. The van der Waals surface area contributed by atoms with Gasteiger partial charge in [-0.25, -0.2) is 14.2 Å². The molecule has 0 saturated carbocycles. The molecule has 25 heavy (non-hydrogen) atoms. The van der Waals surface area contributed by atoms with Crippen LogP contribution in [0.5, 0.6) is 0 Å². The summed E-state index contributed by atoms with van der Waals surface area (Å²) in [6.45, 7) is 7.82. The van der Waals surface area contributed by atoms with Crippen molar-refractivity contribution in [2.75, 3.05) is 6.54 Å². The van der Waals surface area contributed by atoms with E-state index in [-0.39, 0.29) is 24.3 Å². The molecule has 2 aromatic rings. The molecule has 3 N–H and O–H groups in total. The molecule has 1 aromatic heterocycles. The van der Waals surface area contributed by atoms with Gasteiger partial charge in [-0.2, -0.15) is 0 Å². The summed E-state index contributed by atoms with van der Waals surface area (Å²) in [7, 11) is 0. The van der Waals surface area contributed by atoms with Crippen molar-refractivity contribution < 1.29 is 14.3 Å². The van der Waals surface area contributed by atoms with Crippen molar-refractivity contribution in [3.63, 3.8) is 0 Å². The Labute approximate surface area is 147 Å². The van der Waals surface area contributed by atoms with Crippen LogP contribution in [0.3, 0.4) is 0 Å². The number of aromatic nitrogens is 2. The van der Waals surface area contributed by atoms with E-state index in [4.69, 9.17) is 0 Å². The second kappa shape index (κ2) is 7.65. The van der Waals surface area contributed by atoms with Gasteiger partial charge < -0.3 is 20.3 Å². The van der Waals surface area contributed by atoms with E-state index in [1.807, 2.05) is 20.8 Å². The molecule has 0 saturated heterocycles. The van der Waals surface area contributed by atoms with E-state index in [9.17, 15) is 14.3 Å². The maximum Gasteiger partial charge on any atom is 0.315 e. The first kappa shape index (κ1) is 18.9. The Kier molecular flexibility index (Phi) is 5.79. The summed E-state index contributed by atoms with van der Waals surface area (Å²) in [6, 6.07) is 4.39. The summed E-state index contributed by atoms with van der Waals surface area (Å²) < 4.78 is 16.0. The number of aliphatic hydroxyl groups is 1. The SMILES string of the molecule is Cc1nccn1-c1ccc(CNC(=O)NCC(O)C(C)(C)C)cc1F. The molecular weight excluding hydrogens is 323 g/mol. The number of amides is 2. The van der Waals surface area contributed by atoms with Gasteiger partial charge in [-0.3, -0.25) is 0 Å². The lowest BCUT2D eigenvalue weighted by Gasteiger charge is -2.25. The number of hydrogen-bond acceptors (Lipinski definition) is 3. The second-order valence-corrected chi connectivity index (χ2v) is 7.08. The second-order valence-electron chi connectivity index (χ2n) is 7.08. The Bertz CT molecular complexity index is 737. The predicted octanol–water partition coefficient (Wildman–Crippen LogP) is 2.53. The number of benzene rings is 1. The van der Waals surface area contributed by atoms with Crippen LogP contribution in [0.4, 0.5) is 9.18 Å². The van der Waals surface area contributed by atoms with Crippen molar-refractivity contribution >= 4 is 6.03 Å². The molecule has 1 atom stereocenters. The minimum absolute atomic E-state index is 0.155. The minimum Gasteiger partial charge on any atom is -0.391 e. The number of carbonyl (C=O) groups excluding carboxylic acids is 1. The van der Waals surface area contributed by atoms with E-state index in [1.54, 1.807) is 36.0 Å². The molecule has 7 heteroatoms. The number of aliphatic hydroxyl groups excluding tert-OH is 1. The van der Waals surface area contributed by atoms with Crippen molar-refractivity contribution in [3.8, 4) is 5.69 Å². The summed E-state index contributed by atoms with van der Waals surface area (Å²) in [5.41, 5.74) is 0.750. The molecule has 0 spiro atoms. The van der Waals surface area contributed by atoms with Crippen molar-refractivity contribution in [2.24, 2.45) is 5.41 Å². The highest BCUT2D eigenvalue weighted by Gasteiger charge is 2.22. The molecule has 2 amide bonds. The normalized spacial score (nSPS) is 12.7. The largest absolute Gasteiger partial charge is 0.391 e. The zero-order chi connectivity index (χ0) is 18.6. The smallest absolute Gasteiger partial charge is 0.315 e. The maximum absolute atomic E-state index is 14.3. The number of halogens is 1. The van der Waals surface area contributed by atoms with Gasteiger partial charge in [0.25, 0.3) is 0 Å². The third kappa shape index (κ3) is 5.03. The number of aryl methyl sites for hydroxylation is 1. The molecule has 136 valence electrons. The number of hydrogen-bond donors (Lipinski definition) is 3. The zero-order valence-corrected chi connectivity index (χ0v) is 15.0. The van der Waals surface area contributed by atoms with Crippen LogP contribution < -0.4 is 10.6 Å². The summed E-state index contributed by atoms with van der Waals surface area (Å²) in [5, 5.41) is 15.2. The van der Waals surface area contributed by atoms with Crippen LogP contribution in [0.25, 0.3) is 5.69 Å². The molecule has 2 rings (SSSR count). The molecule has 0 bridgehead atoms. The average molecular weight is 348 g/mol. The molecular formula is C18H25FN4O2. The summed E-state index contributed by atoms with van der Waals surface area (Å²) >= 11 is 0. The Morgan fingerprint density at radius 2 is 2.08 bits per heavy atom. The van der Waals surface area contributed by atoms with E-state index in [2.05, 4.69) is 15.6 Å². The molecule has 0 aliphatic rings. The standard InChI is InChI=1S/C18H25FN4O2/c1-12-20-7-8-23(12)15-6-5-13(9-14(15)19)10-21-17(25)22-11-16(24)18(2,3)4/h5-9,16,24H,10-11H2,1-4H3,(H2,21,22,25). The quantitative estimate of drug-likeness (QED) is 0.777. The lowest BCUT2D eigenvalue weighted by Crippen LogP contribution is -2.43. The highest BCUT2D eigenvalue weighted by atomic mass is 19.1. The first-order valence-corrected chi connectivity index (χ1v) is 8.17. The van der Waals surface area contributed by atoms with Gasteiger partial charge in [0.15, 0.2) is 0 Å². The molecule has 0 aliphatic heterocycles. The molecule has 6 nitrogen and oxygen atoms in total. The lowest BCUT2D eigenvalue weighted by atomic mass is 9.89. The van der Waals surface area contributed by atoms with Gasteiger partial charge in [-0.1, -0.05) is 26.8 Å². The average Bonchev–Trinajstić information content (AvgIpc) is 2.95. The van der Waals surface area contributed by atoms with Gasteiger partial charge in [-0.05, 0) is 30.0 Å². The third-order valence-corrected chi connectivity index (χ3v) is 4.01. The van der Waals surface area contributed by atoms with Crippen molar-refractivity contribution in [2.45, 2.75) is 40.3 Å². The van der Waals surface area contributed by atoms with Crippen LogP contribution >= 0.6 is 0 Å². The maximum atomic E-state index is 14.3. The van der Waals surface area contributed by atoms with Crippen LogP contribution in [-0.4, -0.2) is 33.3 Å². The van der Waals surface area contributed by atoms with Gasteiger partial charge in [-0.15, -0.1) is 0 Å². The topological polar surface area (TPSA) is 79.2 Å². The highest BCUT2D eigenvalue weighted by molar-refractivity contribution is 5.73. The van der Waals surface area contributed by atoms with Crippen LogP contribution in [0.2, 0.25) is 0 Å². The Balaban J connectivity index is 1.90. The van der Waals surface area contributed by atoms with E-state index < -0.39 is 12.1 Å². The fraction of sp³-hybridized carbons (Fsp3) is 0.444. The molecule has 0 fully saturated rings. The van der Waals surface area contributed by atoms with Crippen LogP contribution in [0, 0.1) is 18.2 Å². The van der Waals surface area contributed by atoms with Crippen LogP contribution in [-0.2, 0) is 6.54 Å². The number of carbonyl (C=O) groups is 1. The van der Waals surface area contributed by atoms with E-state index in [1.165, 1.54) is 6.07 Å². The van der Waals surface area contributed by atoms with E-state index in [0.29, 0.717) is 17.1 Å². The van der Waals surface area contributed by atoms with E-state index >= 15 is 0 Å². The fourth-order valence-electron chi connectivity index (χ4n) is 2.23. The van der Waals surface area contributed by atoms with Gasteiger partial charge in [0.1, 0.15) is 11.6 Å². The van der Waals surface area contributed by atoms with Crippen LogP contribution in [0.15, 0.2) is 30.6 Å². The van der Waals surface area contributed by atoms with Gasteiger partial charge in [0.2, 0.25) is 0 Å². The zero-order valence-electron chi connectivity index (χ0n) is 15.0. The minimum atomic E-state index is -0.645. The van der Waals surface area contributed by atoms with Crippen molar-refractivity contribution in [3.05, 3.63) is 47.8 Å². The van der Waals surface area contributed by atoms with Crippen molar-refractivity contribution in [1.29, 1.82) is 0 Å². The van der Waals surface area contributed by atoms with Crippen molar-refractivity contribution in [1.82, 2.24) is 20.2 Å². The summed E-state index contributed by atoms with van der Waals surface area (Å²) in [5.74, 6) is 0.311. The molecule has 1 unspecified atom stereocenters.